The highest BCUT2D eigenvalue weighted by Gasteiger charge is 2.56. The van der Waals surface area contributed by atoms with Crippen molar-refractivity contribution in [2.75, 3.05) is 26.2 Å². The van der Waals surface area contributed by atoms with Crippen molar-refractivity contribution in [2.24, 2.45) is 17.8 Å². The van der Waals surface area contributed by atoms with Gasteiger partial charge in [0.15, 0.2) is 0 Å². The van der Waals surface area contributed by atoms with Crippen LogP contribution in [0, 0.1) is 17.8 Å². The molecule has 2 bridgehead atoms. The number of aromatic nitrogens is 1. The van der Waals surface area contributed by atoms with E-state index in [4.69, 9.17) is 0 Å². The van der Waals surface area contributed by atoms with Crippen molar-refractivity contribution in [1.29, 1.82) is 0 Å². The molecule has 174 valence electrons. The molecule has 3 aliphatic heterocycles. The van der Waals surface area contributed by atoms with E-state index >= 15 is 0 Å². The molecule has 0 spiro atoms. The molecule has 6 heteroatoms. The Morgan fingerprint density at radius 3 is 2.56 bits per heavy atom. The first-order valence-corrected chi connectivity index (χ1v) is 12.7. The van der Waals surface area contributed by atoms with Crippen LogP contribution in [0.25, 0.3) is 6.08 Å². The maximum atomic E-state index is 13.8. The van der Waals surface area contributed by atoms with Crippen LogP contribution in [0.15, 0.2) is 23.0 Å². The normalized spacial score (nSPS) is 30.9. The Morgan fingerprint density at radius 2 is 1.88 bits per heavy atom. The summed E-state index contributed by atoms with van der Waals surface area (Å²) in [5.74, 6) is 0.445. The Balaban J connectivity index is 1.57. The average molecular weight is 440 g/mol. The topological polar surface area (TPSA) is 65.8 Å². The van der Waals surface area contributed by atoms with Crippen LogP contribution in [-0.2, 0) is 11.3 Å². The summed E-state index contributed by atoms with van der Waals surface area (Å²) >= 11 is 0. The lowest BCUT2D eigenvalue weighted by molar-refractivity contribution is -0.139. The molecule has 4 atom stereocenters. The second kappa shape index (κ2) is 9.14. The van der Waals surface area contributed by atoms with Gasteiger partial charge in [0.2, 0.25) is 5.91 Å². The lowest BCUT2D eigenvalue weighted by atomic mass is 9.85. The molecule has 1 aromatic rings. The van der Waals surface area contributed by atoms with Gasteiger partial charge < -0.3 is 14.6 Å². The van der Waals surface area contributed by atoms with E-state index < -0.39 is 0 Å². The van der Waals surface area contributed by atoms with E-state index in [-0.39, 0.29) is 42.0 Å². The third-order valence-corrected chi connectivity index (χ3v) is 8.44. The van der Waals surface area contributed by atoms with Gasteiger partial charge in [-0.15, -0.1) is 0 Å². The Morgan fingerprint density at radius 1 is 1.12 bits per heavy atom. The van der Waals surface area contributed by atoms with Crippen LogP contribution in [0.2, 0.25) is 0 Å². The summed E-state index contributed by atoms with van der Waals surface area (Å²) < 4.78 is 1.90. The van der Waals surface area contributed by atoms with E-state index in [2.05, 4.69) is 11.0 Å². The quantitative estimate of drug-likeness (QED) is 0.766. The van der Waals surface area contributed by atoms with E-state index in [0.717, 1.165) is 38.2 Å². The number of aliphatic hydroxyl groups excluding tert-OH is 1. The Kier molecular flexibility index (Phi) is 6.26. The van der Waals surface area contributed by atoms with Gasteiger partial charge in [0.05, 0.1) is 12.0 Å². The zero-order chi connectivity index (χ0) is 22.2. The molecule has 3 fully saturated rings. The van der Waals surface area contributed by atoms with Gasteiger partial charge in [-0.05, 0) is 57.1 Å². The second-order valence-electron chi connectivity index (χ2n) is 10.2. The monoisotopic (exact) mass is 439 g/mol. The largest absolute Gasteiger partial charge is 0.396 e. The van der Waals surface area contributed by atoms with Gasteiger partial charge in [-0.2, -0.15) is 0 Å². The third-order valence-electron chi connectivity index (χ3n) is 8.44. The summed E-state index contributed by atoms with van der Waals surface area (Å²) in [6, 6.07) is 3.90. The minimum atomic E-state index is -0.273. The molecular weight excluding hydrogens is 402 g/mol. The summed E-state index contributed by atoms with van der Waals surface area (Å²) in [7, 11) is 0. The van der Waals surface area contributed by atoms with Crippen LogP contribution in [0.3, 0.4) is 0 Å². The molecule has 32 heavy (non-hydrogen) atoms. The molecule has 1 saturated carbocycles. The number of likely N-dealkylation sites (tertiary alicyclic amines) is 1. The maximum Gasteiger partial charge on any atom is 0.258 e. The van der Waals surface area contributed by atoms with Gasteiger partial charge in [-0.1, -0.05) is 25.0 Å². The van der Waals surface area contributed by atoms with E-state index in [1.165, 1.54) is 32.1 Å². The van der Waals surface area contributed by atoms with Gasteiger partial charge in [-0.25, -0.2) is 0 Å². The van der Waals surface area contributed by atoms with Crippen molar-refractivity contribution in [3.8, 4) is 0 Å². The molecule has 4 aliphatic rings. The number of rotatable bonds is 5. The highest BCUT2D eigenvalue weighted by molar-refractivity contribution is 5.81. The molecule has 0 aromatic carbocycles. The number of hydrogen-bond acceptors (Lipinski definition) is 4. The van der Waals surface area contributed by atoms with Gasteiger partial charge in [0, 0.05) is 56.0 Å². The van der Waals surface area contributed by atoms with Gasteiger partial charge in [-0.3, -0.25) is 14.5 Å². The summed E-state index contributed by atoms with van der Waals surface area (Å²) in [5, 5.41) is 10.5. The predicted molar refractivity (Wildman–Crippen MR) is 125 cm³/mol. The van der Waals surface area contributed by atoms with Crippen molar-refractivity contribution >= 4 is 12.0 Å². The highest BCUT2D eigenvalue weighted by atomic mass is 16.3. The lowest BCUT2D eigenvalue weighted by Gasteiger charge is -2.40. The van der Waals surface area contributed by atoms with Crippen LogP contribution in [0.1, 0.15) is 69.2 Å². The number of amides is 1. The van der Waals surface area contributed by atoms with Gasteiger partial charge in [0.1, 0.15) is 0 Å². The Bertz CT molecular complexity index is 927. The fourth-order valence-corrected chi connectivity index (χ4v) is 6.89. The number of hydrogen-bond donors (Lipinski definition) is 1. The molecule has 1 amide bonds. The van der Waals surface area contributed by atoms with E-state index in [1.54, 1.807) is 0 Å². The Labute approximate surface area is 190 Å². The smallest absolute Gasteiger partial charge is 0.258 e. The lowest BCUT2D eigenvalue weighted by Crippen LogP contribution is -2.48. The molecular formula is C26H37N3O3. The number of pyridine rings is 1. The number of aliphatic hydroxyl groups is 1. The number of allylic oxidation sites excluding steroid dienone is 1. The summed E-state index contributed by atoms with van der Waals surface area (Å²) in [4.78, 5) is 31.7. The van der Waals surface area contributed by atoms with Crippen molar-refractivity contribution in [3.63, 3.8) is 0 Å². The first-order valence-electron chi connectivity index (χ1n) is 12.7. The Hall–Kier alpha value is -1.92. The first-order chi connectivity index (χ1) is 15.6. The molecule has 1 aromatic heterocycles. The third kappa shape index (κ3) is 3.65. The number of fused-ring (bicyclic) bond motifs is 4. The first kappa shape index (κ1) is 21.9. The molecule has 4 heterocycles. The van der Waals surface area contributed by atoms with E-state index in [9.17, 15) is 14.7 Å². The van der Waals surface area contributed by atoms with E-state index in [1.807, 2.05) is 34.6 Å². The zero-order valence-electron chi connectivity index (χ0n) is 19.3. The summed E-state index contributed by atoms with van der Waals surface area (Å²) in [6.45, 7) is 5.10. The predicted octanol–water partition coefficient (Wildman–Crippen LogP) is 3.05. The number of carbonyl (C=O) groups excluding carboxylic acids is 1. The molecule has 1 N–H and O–H groups in total. The maximum absolute atomic E-state index is 13.8. The van der Waals surface area contributed by atoms with E-state index in [0.29, 0.717) is 18.0 Å². The molecule has 0 unspecified atom stereocenters. The molecule has 6 nitrogen and oxygen atoms in total. The fraction of sp³-hybridized carbons (Fsp3) is 0.692. The van der Waals surface area contributed by atoms with Crippen LogP contribution < -0.4 is 5.56 Å². The van der Waals surface area contributed by atoms with Gasteiger partial charge >= 0.3 is 0 Å². The second-order valence-corrected chi connectivity index (χ2v) is 10.2. The molecule has 0 radical (unpaired) electrons. The molecule has 5 rings (SSSR count). The van der Waals surface area contributed by atoms with Crippen molar-refractivity contribution in [2.45, 2.75) is 70.5 Å². The molecule has 1 aliphatic carbocycles. The minimum absolute atomic E-state index is 0.00294. The van der Waals surface area contributed by atoms with Crippen molar-refractivity contribution < 1.29 is 9.90 Å². The summed E-state index contributed by atoms with van der Waals surface area (Å²) in [5.41, 5.74) is 1.68. The number of carbonyl (C=O) groups is 1. The van der Waals surface area contributed by atoms with Crippen molar-refractivity contribution in [1.82, 2.24) is 14.4 Å². The fourth-order valence-electron chi connectivity index (χ4n) is 6.89. The standard InChI is InChI=1S/C26H37N3O3/c1-2-8-19-11-12-21-24-23(26(32)27-13-6-3-7-14-27)20(17-30)22(16-29(21)25(19)31)28(24)15-18-9-4-5-10-18/h2,8,11-12,18,20,22-24,30H,3-7,9-10,13-17H2,1H3/b8-2-/t20-,22-,23+,24+/m1/s1. The molecule has 2 saturated heterocycles. The van der Waals surface area contributed by atoms with Crippen molar-refractivity contribution in [3.05, 3.63) is 39.8 Å². The zero-order valence-corrected chi connectivity index (χ0v) is 19.3. The van der Waals surface area contributed by atoms with Crippen LogP contribution >= 0.6 is 0 Å². The van der Waals surface area contributed by atoms with Crippen LogP contribution in [-0.4, -0.2) is 57.7 Å². The minimum Gasteiger partial charge on any atom is -0.396 e. The SMILES string of the molecule is C/C=C\c1ccc2n(c1=O)C[C@@H]1[C@@H](CO)[C@H](C(=O)N3CCCCC3)[C@H]2N1CC1CCCC1. The van der Waals surface area contributed by atoms with Crippen LogP contribution in [0.5, 0.6) is 0 Å². The van der Waals surface area contributed by atoms with Crippen LogP contribution in [0.4, 0.5) is 0 Å². The number of nitrogens with zero attached hydrogens (tertiary/aromatic N) is 3. The number of piperidine rings is 1. The van der Waals surface area contributed by atoms with Gasteiger partial charge in [0.25, 0.3) is 5.56 Å². The summed E-state index contributed by atoms with van der Waals surface area (Å²) in [6.07, 6.45) is 12.1. The average Bonchev–Trinajstić information content (AvgIpc) is 3.40. The highest BCUT2D eigenvalue weighted by Crippen LogP contribution is 2.50.